The van der Waals surface area contributed by atoms with Crippen LogP contribution in [0.15, 0.2) is 0 Å². The molecule has 0 unspecified atom stereocenters. The van der Waals surface area contributed by atoms with E-state index >= 15 is 0 Å². The summed E-state index contributed by atoms with van der Waals surface area (Å²) in [6, 6.07) is 0. The maximum Gasteiger partial charge on any atom is 2.00 e. The summed E-state index contributed by atoms with van der Waals surface area (Å²) in [6.07, 6.45) is 0. The number of hydrogen-bond acceptors (Lipinski definition) is 1. The van der Waals surface area contributed by atoms with Crippen LogP contribution in [0.25, 0.3) is 0 Å². The molecular formula is C5H14CaClNO+2. The molecule has 0 bridgehead atoms. The molecule has 0 radical (unpaired) electrons. The summed E-state index contributed by atoms with van der Waals surface area (Å²) >= 11 is 0. The van der Waals surface area contributed by atoms with E-state index in [1.807, 2.05) is 0 Å². The number of nitrogens with zero attached hydrogens (tertiary/aromatic N) is 1. The maximum atomic E-state index is 8.39. The first-order valence-electron chi connectivity index (χ1n) is 2.47. The van der Waals surface area contributed by atoms with Gasteiger partial charge in [-0.2, -0.15) is 0 Å². The van der Waals surface area contributed by atoms with Gasteiger partial charge in [0.1, 0.15) is 6.54 Å². The minimum atomic E-state index is 0. The average molecular weight is 180 g/mol. The minimum absolute atomic E-state index is 0. The van der Waals surface area contributed by atoms with Crippen LogP contribution in [0.1, 0.15) is 0 Å². The smallest absolute Gasteiger partial charge is 1.00 e. The third-order valence-corrected chi connectivity index (χ3v) is 0.771. The molecular weight excluding hydrogens is 166 g/mol. The van der Waals surface area contributed by atoms with Crippen LogP contribution in [0.4, 0.5) is 0 Å². The summed E-state index contributed by atoms with van der Waals surface area (Å²) in [7, 11) is 6.16. The van der Waals surface area contributed by atoms with Crippen LogP contribution in [0.2, 0.25) is 0 Å². The molecule has 0 saturated heterocycles. The molecule has 1 N–H and O–H groups in total. The first-order valence-corrected chi connectivity index (χ1v) is 2.47. The summed E-state index contributed by atoms with van der Waals surface area (Å²) < 4.78 is 0.844. The van der Waals surface area contributed by atoms with E-state index in [2.05, 4.69) is 21.1 Å². The van der Waals surface area contributed by atoms with Gasteiger partial charge in [-0.25, -0.2) is 0 Å². The van der Waals surface area contributed by atoms with Crippen molar-refractivity contribution < 1.29 is 22.0 Å². The molecule has 0 aliphatic carbocycles. The van der Waals surface area contributed by atoms with Crippen LogP contribution in [0.3, 0.4) is 0 Å². The Kier molecular flexibility index (Phi) is 14.2. The van der Waals surface area contributed by atoms with E-state index in [0.29, 0.717) is 0 Å². The Morgan fingerprint density at radius 3 is 1.56 bits per heavy atom. The second kappa shape index (κ2) is 7.58. The van der Waals surface area contributed by atoms with Gasteiger partial charge in [0, 0.05) is 0 Å². The van der Waals surface area contributed by atoms with E-state index in [1.54, 1.807) is 0 Å². The van der Waals surface area contributed by atoms with E-state index < -0.39 is 0 Å². The number of halogens is 1. The number of aliphatic hydroxyl groups is 1. The normalized spacial score (nSPS) is 9.33. The summed E-state index contributed by atoms with van der Waals surface area (Å²) in [5.41, 5.74) is 0. The van der Waals surface area contributed by atoms with Crippen molar-refractivity contribution in [2.45, 2.75) is 0 Å². The standard InChI is InChI=1S/C5H14NO.Ca.ClH/c1-6(2,3)4-5-7;;/h7H,4-5H2,1-3H3;;1H/q+1;+2;/p-1. The fourth-order valence-corrected chi connectivity index (χ4v) is 0.300. The summed E-state index contributed by atoms with van der Waals surface area (Å²) in [6.45, 7) is 1.11. The SMILES string of the molecule is C[N+](C)(C)CCO.[Ca+2].[Cl-]. The van der Waals surface area contributed by atoms with E-state index in [9.17, 15) is 0 Å². The average Bonchev–Trinajstić information content (AvgIpc) is 1.30. The van der Waals surface area contributed by atoms with Gasteiger partial charge in [0.15, 0.2) is 0 Å². The molecule has 52 valence electrons. The Labute approximate surface area is 93.2 Å². The molecule has 0 spiro atoms. The van der Waals surface area contributed by atoms with Crippen LogP contribution >= 0.6 is 0 Å². The fourth-order valence-electron chi connectivity index (χ4n) is 0.300. The third kappa shape index (κ3) is 17.7. The molecule has 0 saturated carbocycles. The van der Waals surface area contributed by atoms with Gasteiger partial charge in [-0.3, -0.25) is 0 Å². The van der Waals surface area contributed by atoms with Crippen molar-refractivity contribution in [1.82, 2.24) is 0 Å². The van der Waals surface area contributed by atoms with Crippen molar-refractivity contribution in [3.63, 3.8) is 0 Å². The molecule has 0 aromatic carbocycles. The molecule has 0 atom stereocenters. The van der Waals surface area contributed by atoms with Gasteiger partial charge in [0.25, 0.3) is 0 Å². The van der Waals surface area contributed by atoms with Crippen molar-refractivity contribution >= 4 is 37.7 Å². The Balaban J connectivity index is -0.000000180. The second-order valence-electron chi connectivity index (χ2n) is 2.74. The molecule has 0 aromatic heterocycles. The fraction of sp³-hybridized carbons (Fsp3) is 1.00. The first-order chi connectivity index (χ1) is 3.06. The molecule has 4 heteroatoms. The zero-order chi connectivity index (χ0) is 5.91. The van der Waals surface area contributed by atoms with Crippen molar-refractivity contribution in [2.75, 3.05) is 34.3 Å². The Morgan fingerprint density at radius 2 is 1.56 bits per heavy atom. The largest absolute Gasteiger partial charge is 2.00 e. The van der Waals surface area contributed by atoms with Crippen LogP contribution in [0, 0.1) is 0 Å². The quantitative estimate of drug-likeness (QED) is 0.342. The summed E-state index contributed by atoms with van der Waals surface area (Å²) in [5.74, 6) is 0. The van der Waals surface area contributed by atoms with E-state index in [0.717, 1.165) is 11.0 Å². The van der Waals surface area contributed by atoms with Gasteiger partial charge in [-0.15, -0.1) is 0 Å². The van der Waals surface area contributed by atoms with Gasteiger partial charge >= 0.3 is 37.7 Å². The molecule has 0 amide bonds. The summed E-state index contributed by atoms with van der Waals surface area (Å²) in [5, 5.41) is 8.39. The molecule has 9 heavy (non-hydrogen) atoms. The predicted octanol–water partition coefficient (Wildman–Crippen LogP) is -3.69. The van der Waals surface area contributed by atoms with Crippen molar-refractivity contribution in [3.8, 4) is 0 Å². The first kappa shape index (κ1) is 16.8. The van der Waals surface area contributed by atoms with E-state index in [-0.39, 0.29) is 56.8 Å². The van der Waals surface area contributed by atoms with Crippen LogP contribution in [-0.2, 0) is 0 Å². The molecule has 2 nitrogen and oxygen atoms in total. The molecule has 0 fully saturated rings. The second-order valence-corrected chi connectivity index (χ2v) is 2.74. The van der Waals surface area contributed by atoms with Gasteiger partial charge in [-0.1, -0.05) is 0 Å². The zero-order valence-corrected chi connectivity index (χ0v) is 9.36. The molecule has 0 aliphatic rings. The number of quaternary nitrogens is 1. The van der Waals surface area contributed by atoms with Crippen molar-refractivity contribution in [1.29, 1.82) is 0 Å². The van der Waals surface area contributed by atoms with Gasteiger partial charge in [-0.05, 0) is 0 Å². The van der Waals surface area contributed by atoms with Gasteiger partial charge in [0.2, 0.25) is 0 Å². The molecule has 0 rings (SSSR count). The zero-order valence-electron chi connectivity index (χ0n) is 6.39. The number of hydrogen-bond donors (Lipinski definition) is 1. The molecule has 0 aliphatic heterocycles. The number of likely N-dealkylation sites (N-methyl/N-ethyl adjacent to an activating group) is 1. The van der Waals surface area contributed by atoms with E-state index in [4.69, 9.17) is 5.11 Å². The Morgan fingerprint density at radius 1 is 1.22 bits per heavy atom. The minimum Gasteiger partial charge on any atom is -1.00 e. The van der Waals surface area contributed by atoms with Crippen molar-refractivity contribution in [2.24, 2.45) is 0 Å². The number of rotatable bonds is 2. The van der Waals surface area contributed by atoms with Crippen LogP contribution in [-0.4, -0.2) is 81.6 Å². The summed E-state index contributed by atoms with van der Waals surface area (Å²) in [4.78, 5) is 0. The van der Waals surface area contributed by atoms with Crippen molar-refractivity contribution in [3.05, 3.63) is 0 Å². The Bertz CT molecular complexity index is 55.4. The monoisotopic (exact) mass is 179 g/mol. The maximum absolute atomic E-state index is 8.39. The number of aliphatic hydroxyl groups excluding tert-OH is 1. The molecule has 0 aromatic rings. The molecule has 0 heterocycles. The van der Waals surface area contributed by atoms with E-state index in [1.165, 1.54) is 0 Å². The predicted molar refractivity (Wildman–Crippen MR) is 35.7 cm³/mol. The van der Waals surface area contributed by atoms with Gasteiger partial charge in [0.05, 0.1) is 27.7 Å². The van der Waals surface area contributed by atoms with Crippen LogP contribution < -0.4 is 12.4 Å². The third-order valence-electron chi connectivity index (χ3n) is 0.771. The Hall–Kier alpha value is 1.47. The van der Waals surface area contributed by atoms with Gasteiger partial charge < -0.3 is 22.0 Å². The van der Waals surface area contributed by atoms with Crippen LogP contribution in [0.5, 0.6) is 0 Å². The topological polar surface area (TPSA) is 20.2 Å².